The molecule has 5 heteroatoms. The van der Waals surface area contributed by atoms with Crippen molar-refractivity contribution in [2.45, 2.75) is 0 Å². The number of rotatable bonds is 3. The first-order chi connectivity index (χ1) is 4.68. The van der Waals surface area contributed by atoms with Crippen LogP contribution in [0.15, 0.2) is 0 Å². The van der Waals surface area contributed by atoms with Crippen LogP contribution in [0.3, 0.4) is 0 Å². The summed E-state index contributed by atoms with van der Waals surface area (Å²) >= 11 is 0. The van der Waals surface area contributed by atoms with Crippen LogP contribution in [0, 0.1) is 0 Å². The highest BCUT2D eigenvalue weighted by Crippen LogP contribution is 1.50. The second kappa shape index (κ2) is 11.2. The van der Waals surface area contributed by atoms with E-state index >= 15 is 0 Å². The highest BCUT2D eigenvalue weighted by atomic mass is 16.4. The smallest absolute Gasteiger partial charge is 0.317 e. The lowest BCUT2D eigenvalue weighted by molar-refractivity contribution is -0.135. The minimum absolute atomic E-state index is 0.0417. The fourth-order valence-corrected chi connectivity index (χ4v) is 0.151. The van der Waals surface area contributed by atoms with Gasteiger partial charge in [0, 0.05) is 6.54 Å². The summed E-state index contributed by atoms with van der Waals surface area (Å²) < 4.78 is 0. The summed E-state index contributed by atoms with van der Waals surface area (Å²) in [6, 6.07) is 0. The Kier molecular flexibility index (Phi) is 13.5. The van der Waals surface area contributed by atoms with Gasteiger partial charge in [-0.15, -0.1) is 0 Å². The first-order valence-electron chi connectivity index (χ1n) is 2.86. The molecule has 5 N–H and O–H groups in total. The van der Waals surface area contributed by atoms with Crippen molar-refractivity contribution in [3.8, 4) is 0 Å². The monoisotopic (exact) mass is 150 g/mol. The Morgan fingerprint density at radius 2 is 2.10 bits per heavy atom. The zero-order valence-electron chi connectivity index (χ0n) is 6.00. The van der Waals surface area contributed by atoms with Crippen LogP contribution in [0.25, 0.3) is 0 Å². The van der Waals surface area contributed by atoms with E-state index in [1.54, 1.807) is 7.05 Å². The predicted octanol–water partition coefficient (Wildman–Crippen LogP) is -1.77. The average Bonchev–Trinajstić information content (AvgIpc) is 1.89. The van der Waals surface area contributed by atoms with E-state index in [9.17, 15) is 4.79 Å². The molecule has 0 bridgehead atoms. The summed E-state index contributed by atoms with van der Waals surface area (Å²) in [5, 5.41) is 18.1. The summed E-state index contributed by atoms with van der Waals surface area (Å²) in [4.78, 5) is 9.54. The molecular weight excluding hydrogens is 136 g/mol. The molecular formula is C5H14N2O3. The van der Waals surface area contributed by atoms with Crippen LogP contribution in [0.5, 0.6) is 0 Å². The number of carbonyl (C=O) groups is 1. The maximum absolute atomic E-state index is 9.54. The molecule has 5 nitrogen and oxygen atoms in total. The summed E-state index contributed by atoms with van der Waals surface area (Å²) in [5.74, 6) is -0.822. The minimum atomic E-state index is -0.822. The van der Waals surface area contributed by atoms with Crippen LogP contribution in [0.4, 0.5) is 0 Å². The molecule has 0 unspecified atom stereocenters. The number of likely N-dealkylation sites (N-methyl/N-ethyl adjacent to an activating group) is 1. The van der Waals surface area contributed by atoms with Gasteiger partial charge in [-0.25, -0.2) is 0 Å². The van der Waals surface area contributed by atoms with E-state index in [1.165, 1.54) is 0 Å². The Morgan fingerprint density at radius 1 is 1.70 bits per heavy atom. The summed E-state index contributed by atoms with van der Waals surface area (Å²) in [7, 11) is 1.59. The molecule has 0 aromatic carbocycles. The second-order valence-corrected chi connectivity index (χ2v) is 1.44. The van der Waals surface area contributed by atoms with Crippen LogP contribution in [-0.2, 0) is 4.79 Å². The molecule has 0 radical (unpaired) electrons. The molecule has 0 aliphatic rings. The number of aliphatic hydroxyl groups is 1. The van der Waals surface area contributed by atoms with E-state index in [2.05, 4.69) is 5.32 Å². The molecule has 0 fully saturated rings. The van der Waals surface area contributed by atoms with Gasteiger partial charge in [-0.05, 0) is 7.05 Å². The number of hydrogen-bond acceptors (Lipinski definition) is 4. The summed E-state index contributed by atoms with van der Waals surface area (Å²) in [6.07, 6.45) is 0. The standard InChI is InChI=1S/C3H7NO2.C2H7NO/c1-4-2-3(5)6;3-1-2-4/h4H,2H2,1H3,(H,5,6);4H,1-3H2. The van der Waals surface area contributed by atoms with Crippen LogP contribution < -0.4 is 11.1 Å². The molecule has 0 spiro atoms. The quantitative estimate of drug-likeness (QED) is 0.382. The van der Waals surface area contributed by atoms with Crippen molar-refractivity contribution in [1.29, 1.82) is 0 Å². The molecule has 0 aromatic heterocycles. The summed E-state index contributed by atoms with van der Waals surface area (Å²) in [6.45, 7) is 0.514. The molecule has 0 aromatic rings. The third-order valence-electron chi connectivity index (χ3n) is 0.457. The van der Waals surface area contributed by atoms with Crippen LogP contribution in [0.1, 0.15) is 0 Å². The molecule has 10 heavy (non-hydrogen) atoms. The number of hydrogen-bond donors (Lipinski definition) is 4. The zero-order chi connectivity index (χ0) is 8.41. The van der Waals surface area contributed by atoms with Crippen LogP contribution in [-0.4, -0.2) is 42.9 Å². The van der Waals surface area contributed by atoms with Gasteiger partial charge < -0.3 is 21.3 Å². The zero-order valence-corrected chi connectivity index (χ0v) is 6.00. The van der Waals surface area contributed by atoms with Crippen molar-refractivity contribution in [3.63, 3.8) is 0 Å². The van der Waals surface area contributed by atoms with Crippen LogP contribution >= 0.6 is 0 Å². The molecule has 0 saturated carbocycles. The normalized spacial score (nSPS) is 7.90. The molecule has 0 amide bonds. The number of aliphatic carboxylic acids is 1. The molecule has 0 heterocycles. The highest BCUT2D eigenvalue weighted by molar-refractivity contribution is 5.68. The van der Waals surface area contributed by atoms with E-state index in [0.717, 1.165) is 0 Å². The number of aliphatic hydroxyl groups excluding tert-OH is 1. The molecule has 0 saturated heterocycles. The Bertz CT molecular complexity index is 75.3. The summed E-state index contributed by atoms with van der Waals surface area (Å²) in [5.41, 5.74) is 4.78. The number of nitrogens with one attached hydrogen (secondary N) is 1. The average molecular weight is 150 g/mol. The number of nitrogens with two attached hydrogens (primary N) is 1. The van der Waals surface area contributed by atoms with E-state index in [1.807, 2.05) is 0 Å². The van der Waals surface area contributed by atoms with Gasteiger partial charge in [-0.1, -0.05) is 0 Å². The maximum atomic E-state index is 9.54. The van der Waals surface area contributed by atoms with Crippen molar-refractivity contribution >= 4 is 5.97 Å². The lowest BCUT2D eigenvalue weighted by Gasteiger charge is -1.84. The largest absolute Gasteiger partial charge is 0.480 e. The number of carboxylic acid groups (broad SMARTS) is 1. The van der Waals surface area contributed by atoms with Gasteiger partial charge in [0.25, 0.3) is 0 Å². The van der Waals surface area contributed by atoms with Gasteiger partial charge >= 0.3 is 5.97 Å². The number of carboxylic acids is 1. The lowest BCUT2D eigenvalue weighted by atomic mass is 10.7. The predicted molar refractivity (Wildman–Crippen MR) is 37.7 cm³/mol. The van der Waals surface area contributed by atoms with Gasteiger partial charge in [-0.3, -0.25) is 4.79 Å². The van der Waals surface area contributed by atoms with E-state index in [0.29, 0.717) is 6.54 Å². The fourth-order valence-electron chi connectivity index (χ4n) is 0.151. The highest BCUT2D eigenvalue weighted by Gasteiger charge is 1.86. The third kappa shape index (κ3) is 26.4. The first-order valence-corrected chi connectivity index (χ1v) is 2.86. The fraction of sp³-hybridized carbons (Fsp3) is 0.800. The SMILES string of the molecule is CNCC(=O)O.NCCO. The molecule has 0 rings (SSSR count). The Balaban J connectivity index is 0. The van der Waals surface area contributed by atoms with E-state index in [-0.39, 0.29) is 13.2 Å². The molecule has 0 aliphatic heterocycles. The topological polar surface area (TPSA) is 95.6 Å². The minimum Gasteiger partial charge on any atom is -0.480 e. The van der Waals surface area contributed by atoms with Crippen LogP contribution in [0.2, 0.25) is 0 Å². The lowest BCUT2D eigenvalue weighted by Crippen LogP contribution is -2.16. The van der Waals surface area contributed by atoms with Crippen molar-refractivity contribution in [2.75, 3.05) is 26.7 Å². The van der Waals surface area contributed by atoms with Crippen molar-refractivity contribution in [2.24, 2.45) is 5.73 Å². The second-order valence-electron chi connectivity index (χ2n) is 1.44. The van der Waals surface area contributed by atoms with Gasteiger partial charge in [0.15, 0.2) is 0 Å². The van der Waals surface area contributed by atoms with Crippen molar-refractivity contribution < 1.29 is 15.0 Å². The molecule has 0 atom stereocenters. The Hall–Kier alpha value is -0.650. The van der Waals surface area contributed by atoms with Gasteiger partial charge in [-0.2, -0.15) is 0 Å². The van der Waals surface area contributed by atoms with Gasteiger partial charge in [0.1, 0.15) is 0 Å². The van der Waals surface area contributed by atoms with Crippen molar-refractivity contribution in [1.82, 2.24) is 5.32 Å². The maximum Gasteiger partial charge on any atom is 0.317 e. The Labute approximate surface area is 59.8 Å². The van der Waals surface area contributed by atoms with Crippen molar-refractivity contribution in [3.05, 3.63) is 0 Å². The molecule has 62 valence electrons. The first kappa shape index (κ1) is 12.1. The van der Waals surface area contributed by atoms with E-state index in [4.69, 9.17) is 15.9 Å². The van der Waals surface area contributed by atoms with Gasteiger partial charge in [0.2, 0.25) is 0 Å². The van der Waals surface area contributed by atoms with Gasteiger partial charge in [0.05, 0.1) is 13.2 Å². The molecule has 0 aliphatic carbocycles. The van der Waals surface area contributed by atoms with E-state index < -0.39 is 5.97 Å². The Morgan fingerprint density at radius 3 is 2.10 bits per heavy atom. The third-order valence-corrected chi connectivity index (χ3v) is 0.457.